The van der Waals surface area contributed by atoms with E-state index in [1.807, 2.05) is 24.3 Å². The van der Waals surface area contributed by atoms with Crippen molar-refractivity contribution in [3.8, 4) is 23.0 Å². The third-order valence-electron chi connectivity index (χ3n) is 6.19. The van der Waals surface area contributed by atoms with E-state index in [0.717, 1.165) is 60.6 Å². The van der Waals surface area contributed by atoms with Crippen molar-refractivity contribution < 1.29 is 28.5 Å². The molecule has 0 saturated carbocycles. The molecule has 0 radical (unpaired) electrons. The van der Waals surface area contributed by atoms with Gasteiger partial charge in [-0.1, -0.05) is 15.9 Å². The lowest BCUT2D eigenvalue weighted by Crippen LogP contribution is -2.38. The molecule has 3 heterocycles. The summed E-state index contributed by atoms with van der Waals surface area (Å²) in [6, 6.07) is 7.61. The first kappa shape index (κ1) is 23.0. The summed E-state index contributed by atoms with van der Waals surface area (Å²) in [5.41, 5.74) is 2.78. The Kier molecular flexibility index (Phi) is 6.94. The van der Waals surface area contributed by atoms with Gasteiger partial charge in [-0.15, -0.1) is 0 Å². The van der Waals surface area contributed by atoms with Crippen molar-refractivity contribution in [1.82, 2.24) is 4.90 Å². The summed E-state index contributed by atoms with van der Waals surface area (Å²) in [7, 11) is 1.64. The van der Waals surface area contributed by atoms with Crippen LogP contribution in [-0.4, -0.2) is 70.7 Å². The molecule has 0 unspecified atom stereocenters. The molecule has 0 bridgehead atoms. The predicted molar refractivity (Wildman–Crippen MR) is 131 cm³/mol. The molecule has 1 fully saturated rings. The second kappa shape index (κ2) is 10.2. The topological polar surface area (TPSA) is 69.7 Å². The first-order valence-corrected chi connectivity index (χ1v) is 12.1. The quantitative estimate of drug-likeness (QED) is 0.507. The Labute approximate surface area is 207 Å². The molecule has 5 rings (SSSR count). The van der Waals surface area contributed by atoms with Gasteiger partial charge in [0.25, 0.3) is 5.91 Å². The molecular weight excluding hydrogens is 504 g/mol. The Morgan fingerprint density at radius 3 is 2.68 bits per heavy atom. The molecule has 3 aliphatic rings. The highest BCUT2D eigenvalue weighted by atomic mass is 79.9. The molecule has 2 aromatic carbocycles. The van der Waals surface area contributed by atoms with E-state index in [9.17, 15) is 4.79 Å². The molecule has 0 N–H and O–H groups in total. The number of halogens is 1. The summed E-state index contributed by atoms with van der Waals surface area (Å²) in [5, 5.41) is 0. The molecule has 0 aromatic heterocycles. The third-order valence-corrected chi connectivity index (χ3v) is 6.88. The number of hydrogen-bond donors (Lipinski definition) is 0. The minimum absolute atomic E-state index is 0.0900. The van der Waals surface area contributed by atoms with Gasteiger partial charge in [-0.3, -0.25) is 9.69 Å². The van der Waals surface area contributed by atoms with E-state index >= 15 is 0 Å². The summed E-state index contributed by atoms with van der Waals surface area (Å²) in [4.78, 5) is 17.2. The van der Waals surface area contributed by atoms with Gasteiger partial charge in [0.2, 0.25) is 6.79 Å². The number of ether oxygens (including phenoxy) is 5. The number of carbonyl (C=O) groups is 1. The first-order chi connectivity index (χ1) is 16.6. The van der Waals surface area contributed by atoms with E-state index in [2.05, 4.69) is 20.8 Å². The molecule has 0 atom stereocenters. The van der Waals surface area contributed by atoms with Gasteiger partial charge in [-0.25, -0.2) is 0 Å². The van der Waals surface area contributed by atoms with Crippen LogP contribution in [0.25, 0.3) is 6.08 Å². The molecule has 1 saturated heterocycles. The van der Waals surface area contributed by atoms with E-state index < -0.39 is 0 Å². The van der Waals surface area contributed by atoms with Gasteiger partial charge in [0.15, 0.2) is 23.0 Å². The lowest BCUT2D eigenvalue weighted by atomic mass is 10.1. The van der Waals surface area contributed by atoms with Crippen LogP contribution < -0.4 is 23.8 Å². The highest BCUT2D eigenvalue weighted by Gasteiger charge is 2.26. The average Bonchev–Trinajstić information content (AvgIpc) is 3.48. The van der Waals surface area contributed by atoms with Crippen LogP contribution in [0, 0.1) is 0 Å². The van der Waals surface area contributed by atoms with Gasteiger partial charge in [-0.05, 0) is 41.8 Å². The highest BCUT2D eigenvalue weighted by Crippen LogP contribution is 2.40. The molecule has 180 valence electrons. The largest absolute Gasteiger partial charge is 0.493 e. The minimum atomic E-state index is -0.0900. The Morgan fingerprint density at radius 2 is 1.88 bits per heavy atom. The average molecular weight is 531 g/mol. The number of morpholine rings is 1. The second-order valence-corrected chi connectivity index (χ2v) is 9.09. The number of methoxy groups -OCH3 is 1. The number of anilines is 1. The van der Waals surface area contributed by atoms with E-state index in [0.29, 0.717) is 36.1 Å². The van der Waals surface area contributed by atoms with E-state index in [-0.39, 0.29) is 12.7 Å². The van der Waals surface area contributed by atoms with Gasteiger partial charge in [0.1, 0.15) is 6.61 Å². The zero-order valence-corrected chi connectivity index (χ0v) is 20.6. The predicted octanol–water partition coefficient (Wildman–Crippen LogP) is 3.50. The van der Waals surface area contributed by atoms with Crippen molar-refractivity contribution in [3.05, 3.63) is 45.9 Å². The summed E-state index contributed by atoms with van der Waals surface area (Å²) in [6.07, 6.45) is 4.14. The number of benzene rings is 2. The number of carbonyl (C=O) groups excluding carboxylic acids is 1. The lowest BCUT2D eigenvalue weighted by Gasteiger charge is -2.26. The number of amides is 1. The summed E-state index contributed by atoms with van der Waals surface area (Å²) in [5.74, 6) is 2.62. The van der Waals surface area contributed by atoms with Crippen LogP contribution in [0.4, 0.5) is 5.69 Å². The molecule has 3 aliphatic heterocycles. The Hall–Kier alpha value is -2.75. The van der Waals surface area contributed by atoms with Gasteiger partial charge in [-0.2, -0.15) is 0 Å². The SMILES string of the molecule is COc1cc2c(cc1OCCN1CCOCC1)N(C(=O)/C=C/c1cc3c(cc1Br)OCO3)CC2. The smallest absolute Gasteiger partial charge is 0.251 e. The number of fused-ring (bicyclic) bond motifs is 2. The Bertz CT molecular complexity index is 1100. The monoisotopic (exact) mass is 530 g/mol. The number of nitrogens with zero attached hydrogens (tertiary/aromatic N) is 2. The van der Waals surface area contributed by atoms with Gasteiger partial charge in [0, 0.05) is 42.8 Å². The maximum Gasteiger partial charge on any atom is 0.251 e. The van der Waals surface area contributed by atoms with E-state index in [4.69, 9.17) is 23.7 Å². The second-order valence-electron chi connectivity index (χ2n) is 8.23. The normalized spacial score (nSPS) is 17.3. The van der Waals surface area contributed by atoms with Crippen molar-refractivity contribution in [2.24, 2.45) is 0 Å². The lowest BCUT2D eigenvalue weighted by molar-refractivity contribution is -0.114. The Balaban J connectivity index is 1.29. The zero-order chi connectivity index (χ0) is 23.5. The molecule has 2 aromatic rings. The van der Waals surface area contributed by atoms with Crippen LogP contribution in [0.1, 0.15) is 11.1 Å². The maximum absolute atomic E-state index is 13.1. The summed E-state index contributed by atoms with van der Waals surface area (Å²) < 4.78 is 28.7. The molecule has 34 heavy (non-hydrogen) atoms. The van der Waals surface area contributed by atoms with Crippen molar-refractivity contribution in [3.63, 3.8) is 0 Å². The van der Waals surface area contributed by atoms with Crippen molar-refractivity contribution in [1.29, 1.82) is 0 Å². The molecule has 8 nitrogen and oxygen atoms in total. The zero-order valence-electron chi connectivity index (χ0n) is 19.0. The third kappa shape index (κ3) is 4.87. The van der Waals surface area contributed by atoms with Gasteiger partial charge >= 0.3 is 0 Å². The standard InChI is InChI=1S/C25H27BrN2O6/c1-30-21-13-18-4-5-28(20(18)15-24(21)32-11-8-27-6-9-31-10-7-27)25(29)3-2-17-12-22-23(14-19(17)26)34-16-33-22/h2-3,12-15H,4-11,16H2,1H3/b3-2+. The maximum atomic E-state index is 13.1. The molecular formula is C25H27BrN2O6. The highest BCUT2D eigenvalue weighted by molar-refractivity contribution is 9.10. The molecule has 0 spiro atoms. The van der Waals surface area contributed by atoms with Crippen LogP contribution in [-0.2, 0) is 16.0 Å². The van der Waals surface area contributed by atoms with E-state index in [1.54, 1.807) is 24.2 Å². The van der Waals surface area contributed by atoms with Gasteiger partial charge in [0.05, 0.1) is 26.0 Å². The fourth-order valence-corrected chi connectivity index (χ4v) is 4.77. The molecule has 1 amide bonds. The summed E-state index contributed by atoms with van der Waals surface area (Å²) in [6.45, 7) is 5.53. The van der Waals surface area contributed by atoms with Crippen molar-refractivity contribution >= 4 is 33.6 Å². The fourth-order valence-electron chi connectivity index (χ4n) is 4.32. The number of hydrogen-bond acceptors (Lipinski definition) is 7. The molecule has 0 aliphatic carbocycles. The Morgan fingerprint density at radius 1 is 1.09 bits per heavy atom. The number of rotatable bonds is 7. The van der Waals surface area contributed by atoms with Gasteiger partial charge < -0.3 is 28.6 Å². The van der Waals surface area contributed by atoms with Crippen LogP contribution in [0.5, 0.6) is 23.0 Å². The van der Waals surface area contributed by atoms with Crippen LogP contribution in [0.15, 0.2) is 34.8 Å². The minimum Gasteiger partial charge on any atom is -0.493 e. The molecule has 9 heteroatoms. The van der Waals surface area contributed by atoms with Crippen LogP contribution in [0.2, 0.25) is 0 Å². The van der Waals surface area contributed by atoms with Crippen LogP contribution >= 0.6 is 15.9 Å². The van der Waals surface area contributed by atoms with Crippen molar-refractivity contribution in [2.45, 2.75) is 6.42 Å². The van der Waals surface area contributed by atoms with E-state index in [1.165, 1.54) is 0 Å². The first-order valence-electron chi connectivity index (χ1n) is 11.3. The fraction of sp³-hybridized carbons (Fsp3) is 0.400. The summed E-state index contributed by atoms with van der Waals surface area (Å²) >= 11 is 3.53. The van der Waals surface area contributed by atoms with Crippen LogP contribution in [0.3, 0.4) is 0 Å². The van der Waals surface area contributed by atoms with Crippen molar-refractivity contribution in [2.75, 3.05) is 64.8 Å².